The van der Waals surface area contributed by atoms with Gasteiger partial charge in [0.05, 0.1) is 12.2 Å². The second-order valence-corrected chi connectivity index (χ2v) is 6.05. The number of carboxylic acids is 1. The van der Waals surface area contributed by atoms with Gasteiger partial charge < -0.3 is 14.7 Å². The number of aromatic carboxylic acids is 1. The summed E-state index contributed by atoms with van der Waals surface area (Å²) < 4.78 is 5.16. The van der Waals surface area contributed by atoms with Crippen molar-refractivity contribution >= 4 is 12.1 Å². The predicted octanol–water partition coefficient (Wildman–Crippen LogP) is 3.92. The van der Waals surface area contributed by atoms with E-state index in [0.29, 0.717) is 24.6 Å². The zero-order chi connectivity index (χ0) is 16.7. The molecular weight excluding hydrogens is 294 g/mol. The average Bonchev–Trinajstić information content (AvgIpc) is 2.55. The van der Waals surface area contributed by atoms with Crippen LogP contribution < -0.4 is 0 Å². The number of carbonyl (C=O) groups excluding carboxylic acids is 1. The van der Waals surface area contributed by atoms with Crippen LogP contribution in [0.15, 0.2) is 24.3 Å². The number of rotatable bonds is 6. The van der Waals surface area contributed by atoms with Crippen LogP contribution in [0, 0.1) is 5.92 Å². The summed E-state index contributed by atoms with van der Waals surface area (Å²) in [5, 5.41) is 9.31. The minimum absolute atomic E-state index is 0.241. The van der Waals surface area contributed by atoms with E-state index in [1.807, 2.05) is 0 Å². The molecule has 1 N–H and O–H groups in total. The Morgan fingerprint density at radius 3 is 2.57 bits per heavy atom. The highest BCUT2D eigenvalue weighted by atomic mass is 16.6. The fourth-order valence-electron chi connectivity index (χ4n) is 3.17. The normalized spacial score (nSPS) is 15.2. The number of amides is 1. The number of nitrogens with zero attached hydrogens (tertiary/aromatic N) is 1. The lowest BCUT2D eigenvalue weighted by molar-refractivity contribution is 0.0690. The van der Waals surface area contributed by atoms with Crippen LogP contribution in [0.25, 0.3) is 0 Å². The molecule has 0 bridgehead atoms. The summed E-state index contributed by atoms with van der Waals surface area (Å²) in [6, 6.07) is 6.83. The van der Waals surface area contributed by atoms with E-state index in [0.717, 1.165) is 12.8 Å². The maximum absolute atomic E-state index is 12.3. The topological polar surface area (TPSA) is 66.8 Å². The fraction of sp³-hybridized carbons (Fsp3) is 0.556. The maximum Gasteiger partial charge on any atom is 0.410 e. The molecule has 0 aromatic heterocycles. The van der Waals surface area contributed by atoms with Crippen molar-refractivity contribution in [1.29, 1.82) is 0 Å². The van der Waals surface area contributed by atoms with Crippen molar-refractivity contribution in [3.8, 4) is 0 Å². The zero-order valence-corrected chi connectivity index (χ0v) is 13.7. The summed E-state index contributed by atoms with van der Waals surface area (Å²) in [6.07, 6.45) is 5.54. The molecule has 0 heterocycles. The molecule has 1 aliphatic carbocycles. The van der Waals surface area contributed by atoms with E-state index in [4.69, 9.17) is 4.74 Å². The second-order valence-electron chi connectivity index (χ2n) is 6.05. The highest BCUT2D eigenvalue weighted by Crippen LogP contribution is 2.25. The number of carbonyl (C=O) groups is 2. The van der Waals surface area contributed by atoms with Gasteiger partial charge in [-0.25, -0.2) is 9.59 Å². The molecule has 5 nitrogen and oxygen atoms in total. The molecule has 0 spiro atoms. The minimum Gasteiger partial charge on any atom is -0.478 e. The van der Waals surface area contributed by atoms with Crippen LogP contribution in [-0.2, 0) is 11.3 Å². The van der Waals surface area contributed by atoms with Gasteiger partial charge in [0.1, 0.15) is 0 Å². The Bertz CT molecular complexity index is 538. The Kier molecular flexibility index (Phi) is 6.44. The van der Waals surface area contributed by atoms with Crippen LogP contribution in [-0.4, -0.2) is 35.2 Å². The predicted molar refractivity (Wildman–Crippen MR) is 87.4 cm³/mol. The third kappa shape index (κ3) is 4.98. The lowest BCUT2D eigenvalue weighted by Crippen LogP contribution is -2.36. The SMILES string of the molecule is CCOC(=O)N(Cc1ccccc1C(=O)O)CC1CCCCC1. The fourth-order valence-corrected chi connectivity index (χ4v) is 3.17. The zero-order valence-electron chi connectivity index (χ0n) is 13.7. The smallest absolute Gasteiger partial charge is 0.410 e. The van der Waals surface area contributed by atoms with Gasteiger partial charge in [-0.15, -0.1) is 0 Å². The lowest BCUT2D eigenvalue weighted by atomic mass is 9.89. The van der Waals surface area contributed by atoms with Gasteiger partial charge >= 0.3 is 12.1 Å². The van der Waals surface area contributed by atoms with Crippen LogP contribution in [0.4, 0.5) is 4.79 Å². The Morgan fingerprint density at radius 1 is 1.22 bits per heavy atom. The number of carboxylic acid groups (broad SMARTS) is 1. The number of benzene rings is 1. The molecule has 0 atom stereocenters. The standard InChI is InChI=1S/C18H25NO4/c1-2-23-18(22)19(12-14-8-4-3-5-9-14)13-15-10-6-7-11-16(15)17(20)21/h6-7,10-11,14H,2-5,8-9,12-13H2,1H3,(H,20,21). The summed E-state index contributed by atoms with van der Waals surface area (Å²) in [5.74, 6) is -0.493. The van der Waals surface area contributed by atoms with Crippen molar-refractivity contribution in [3.05, 3.63) is 35.4 Å². The first-order chi connectivity index (χ1) is 11.1. The Balaban J connectivity index is 2.13. The highest BCUT2D eigenvalue weighted by molar-refractivity contribution is 5.89. The van der Waals surface area contributed by atoms with Crippen molar-refractivity contribution in [3.63, 3.8) is 0 Å². The molecule has 23 heavy (non-hydrogen) atoms. The van der Waals surface area contributed by atoms with Gasteiger partial charge in [-0.2, -0.15) is 0 Å². The highest BCUT2D eigenvalue weighted by Gasteiger charge is 2.23. The summed E-state index contributed by atoms with van der Waals surface area (Å²) in [4.78, 5) is 25.3. The first-order valence-electron chi connectivity index (χ1n) is 8.34. The van der Waals surface area contributed by atoms with E-state index in [1.165, 1.54) is 19.3 Å². The molecule has 1 saturated carbocycles. The van der Waals surface area contributed by atoms with Crippen LogP contribution in [0.3, 0.4) is 0 Å². The average molecular weight is 319 g/mol. The monoisotopic (exact) mass is 319 g/mol. The largest absolute Gasteiger partial charge is 0.478 e. The number of hydrogen-bond donors (Lipinski definition) is 1. The number of hydrogen-bond acceptors (Lipinski definition) is 3. The Hall–Kier alpha value is -2.04. The van der Waals surface area contributed by atoms with E-state index in [1.54, 1.807) is 36.1 Å². The first kappa shape index (κ1) is 17.3. The molecule has 1 aliphatic rings. The molecule has 1 amide bonds. The minimum atomic E-state index is -0.970. The first-order valence-corrected chi connectivity index (χ1v) is 8.34. The Morgan fingerprint density at radius 2 is 1.91 bits per heavy atom. The molecule has 1 aromatic rings. The molecule has 0 radical (unpaired) electrons. The third-order valence-electron chi connectivity index (χ3n) is 4.34. The van der Waals surface area contributed by atoms with Crippen LogP contribution in [0.2, 0.25) is 0 Å². The van der Waals surface area contributed by atoms with E-state index in [2.05, 4.69) is 0 Å². The van der Waals surface area contributed by atoms with Gasteiger partial charge in [0, 0.05) is 13.1 Å². The van der Waals surface area contributed by atoms with E-state index in [9.17, 15) is 14.7 Å². The van der Waals surface area contributed by atoms with Crippen molar-refractivity contribution < 1.29 is 19.4 Å². The maximum atomic E-state index is 12.3. The molecule has 126 valence electrons. The molecular formula is C18H25NO4. The summed E-state index contributed by atoms with van der Waals surface area (Å²) in [6.45, 7) is 3.01. The molecule has 2 rings (SSSR count). The molecule has 5 heteroatoms. The second kappa shape index (κ2) is 8.56. The van der Waals surface area contributed by atoms with Gasteiger partial charge in [-0.05, 0) is 37.3 Å². The molecule has 1 aromatic carbocycles. The van der Waals surface area contributed by atoms with Gasteiger partial charge in [0.15, 0.2) is 0 Å². The lowest BCUT2D eigenvalue weighted by Gasteiger charge is -2.29. The van der Waals surface area contributed by atoms with Crippen molar-refractivity contribution in [1.82, 2.24) is 4.90 Å². The van der Waals surface area contributed by atoms with Gasteiger partial charge in [-0.1, -0.05) is 37.5 Å². The Labute approximate surface area is 137 Å². The van der Waals surface area contributed by atoms with Crippen molar-refractivity contribution in [2.45, 2.75) is 45.6 Å². The van der Waals surface area contributed by atoms with E-state index in [-0.39, 0.29) is 18.2 Å². The quantitative estimate of drug-likeness (QED) is 0.863. The molecule has 0 unspecified atom stereocenters. The van der Waals surface area contributed by atoms with Crippen LogP contribution >= 0.6 is 0 Å². The van der Waals surface area contributed by atoms with Crippen LogP contribution in [0.5, 0.6) is 0 Å². The van der Waals surface area contributed by atoms with E-state index >= 15 is 0 Å². The summed E-state index contributed by atoms with van der Waals surface area (Å²) in [5.41, 5.74) is 0.884. The molecule has 1 fully saturated rings. The van der Waals surface area contributed by atoms with Gasteiger partial charge in [0.25, 0.3) is 0 Å². The third-order valence-corrected chi connectivity index (χ3v) is 4.34. The van der Waals surface area contributed by atoms with Crippen LogP contribution in [0.1, 0.15) is 54.9 Å². The summed E-state index contributed by atoms with van der Waals surface area (Å²) in [7, 11) is 0. The number of ether oxygens (including phenoxy) is 1. The van der Waals surface area contributed by atoms with Gasteiger partial charge in [-0.3, -0.25) is 0 Å². The summed E-state index contributed by atoms with van der Waals surface area (Å²) >= 11 is 0. The van der Waals surface area contributed by atoms with Crippen molar-refractivity contribution in [2.75, 3.05) is 13.2 Å². The molecule has 0 aliphatic heterocycles. The van der Waals surface area contributed by atoms with E-state index < -0.39 is 5.97 Å². The van der Waals surface area contributed by atoms with Gasteiger partial charge in [0.2, 0.25) is 0 Å². The van der Waals surface area contributed by atoms with Crippen molar-refractivity contribution in [2.24, 2.45) is 5.92 Å². The molecule has 0 saturated heterocycles.